The third kappa shape index (κ3) is 2.94. The first kappa shape index (κ1) is 11.4. The van der Waals surface area contributed by atoms with E-state index < -0.39 is 11.9 Å². The number of likely N-dealkylation sites (N-methyl/N-ethyl adjacent to an activating group) is 1. The van der Waals surface area contributed by atoms with Gasteiger partial charge in [0.15, 0.2) is 0 Å². The Morgan fingerprint density at radius 3 is 3.00 bits per heavy atom. The Bertz CT molecular complexity index is 198. The Kier molecular flexibility index (Phi) is 4.31. The van der Waals surface area contributed by atoms with Gasteiger partial charge in [0, 0.05) is 19.1 Å². The quantitative estimate of drug-likeness (QED) is 0.634. The molecule has 1 aliphatic heterocycles. The molecule has 0 aromatic rings. The van der Waals surface area contributed by atoms with Gasteiger partial charge in [0.25, 0.3) is 0 Å². The van der Waals surface area contributed by atoms with E-state index in [1.807, 2.05) is 7.05 Å². The Labute approximate surface area is 83.8 Å². The van der Waals surface area contributed by atoms with E-state index in [1.165, 1.54) is 0 Å². The summed E-state index contributed by atoms with van der Waals surface area (Å²) < 4.78 is 5.30. The van der Waals surface area contributed by atoms with Crippen LogP contribution in [0.25, 0.3) is 0 Å². The van der Waals surface area contributed by atoms with E-state index in [0.29, 0.717) is 13.0 Å². The number of rotatable bonds is 4. The molecule has 0 aromatic carbocycles. The Hall–Kier alpha value is -0.650. The molecule has 0 radical (unpaired) electrons. The fourth-order valence-corrected chi connectivity index (χ4v) is 1.61. The van der Waals surface area contributed by atoms with Gasteiger partial charge in [0.2, 0.25) is 0 Å². The molecule has 0 spiro atoms. The van der Waals surface area contributed by atoms with Gasteiger partial charge in [0.05, 0.1) is 19.1 Å². The number of aliphatic carboxylic acids is 1. The van der Waals surface area contributed by atoms with Crippen molar-refractivity contribution < 1.29 is 14.6 Å². The number of carboxylic acids is 1. The summed E-state index contributed by atoms with van der Waals surface area (Å²) in [6.07, 6.45) is 0.572. The molecule has 5 nitrogen and oxygen atoms in total. The number of carboxylic acid groups (broad SMARTS) is 1. The van der Waals surface area contributed by atoms with Crippen LogP contribution in [0, 0.1) is 5.92 Å². The zero-order valence-corrected chi connectivity index (χ0v) is 8.48. The van der Waals surface area contributed by atoms with E-state index in [9.17, 15) is 4.79 Å². The van der Waals surface area contributed by atoms with Crippen molar-refractivity contribution >= 4 is 5.97 Å². The third-order valence-electron chi connectivity index (χ3n) is 2.71. The monoisotopic (exact) mass is 202 g/mol. The van der Waals surface area contributed by atoms with E-state index in [-0.39, 0.29) is 12.6 Å². The van der Waals surface area contributed by atoms with Crippen LogP contribution in [0.5, 0.6) is 0 Å². The zero-order chi connectivity index (χ0) is 10.6. The van der Waals surface area contributed by atoms with Crippen LogP contribution in [0.1, 0.15) is 6.42 Å². The first-order chi connectivity index (χ1) is 6.65. The van der Waals surface area contributed by atoms with Crippen molar-refractivity contribution in [1.82, 2.24) is 4.90 Å². The highest BCUT2D eigenvalue weighted by Gasteiger charge is 2.26. The maximum Gasteiger partial charge on any atom is 0.307 e. The predicted octanol–water partition coefficient (Wildman–Crippen LogP) is -0.633. The lowest BCUT2D eigenvalue weighted by Gasteiger charge is -2.33. The second-order valence-corrected chi connectivity index (χ2v) is 3.72. The number of morpholine rings is 1. The summed E-state index contributed by atoms with van der Waals surface area (Å²) in [5.41, 5.74) is 5.40. The van der Waals surface area contributed by atoms with Crippen molar-refractivity contribution in [3.63, 3.8) is 0 Å². The molecular weight excluding hydrogens is 184 g/mol. The SMILES string of the molecule is CN1CCOCC1CC(CN)C(=O)O. The number of hydrogen-bond donors (Lipinski definition) is 2. The molecular formula is C9H18N2O3. The van der Waals surface area contributed by atoms with E-state index in [2.05, 4.69) is 4.90 Å². The number of hydrogen-bond acceptors (Lipinski definition) is 4. The van der Waals surface area contributed by atoms with Crippen molar-refractivity contribution in [3.8, 4) is 0 Å². The molecule has 0 aliphatic carbocycles. The maximum absolute atomic E-state index is 10.8. The number of nitrogens with two attached hydrogens (primary N) is 1. The topological polar surface area (TPSA) is 75.8 Å². The molecule has 1 aliphatic rings. The summed E-state index contributed by atoms with van der Waals surface area (Å²) in [5.74, 6) is -1.27. The van der Waals surface area contributed by atoms with Crippen LogP contribution in [0.3, 0.4) is 0 Å². The normalized spacial score (nSPS) is 26.0. The van der Waals surface area contributed by atoms with Crippen molar-refractivity contribution in [2.45, 2.75) is 12.5 Å². The van der Waals surface area contributed by atoms with Crippen LogP contribution >= 0.6 is 0 Å². The molecule has 14 heavy (non-hydrogen) atoms. The van der Waals surface area contributed by atoms with Crippen LogP contribution in [-0.2, 0) is 9.53 Å². The summed E-state index contributed by atoms with van der Waals surface area (Å²) in [6.45, 7) is 2.40. The minimum absolute atomic E-state index is 0.188. The molecule has 1 saturated heterocycles. The standard InChI is InChI=1S/C9H18N2O3/c1-11-2-3-14-6-8(11)4-7(5-10)9(12)13/h7-8H,2-6,10H2,1H3,(H,12,13). The zero-order valence-electron chi connectivity index (χ0n) is 8.48. The Morgan fingerprint density at radius 1 is 1.79 bits per heavy atom. The molecule has 1 rings (SSSR count). The molecule has 0 amide bonds. The van der Waals surface area contributed by atoms with E-state index in [4.69, 9.17) is 15.6 Å². The van der Waals surface area contributed by atoms with Gasteiger partial charge in [-0.1, -0.05) is 0 Å². The predicted molar refractivity (Wildman–Crippen MR) is 52.0 cm³/mol. The lowest BCUT2D eigenvalue weighted by molar-refractivity contribution is -0.142. The van der Waals surface area contributed by atoms with Crippen molar-refractivity contribution in [1.29, 1.82) is 0 Å². The molecule has 0 aromatic heterocycles. The second-order valence-electron chi connectivity index (χ2n) is 3.72. The van der Waals surface area contributed by atoms with Crippen molar-refractivity contribution in [2.75, 3.05) is 33.4 Å². The maximum atomic E-state index is 10.8. The van der Waals surface area contributed by atoms with Gasteiger partial charge in [-0.3, -0.25) is 9.69 Å². The molecule has 2 unspecified atom stereocenters. The molecule has 3 N–H and O–H groups in total. The molecule has 0 saturated carbocycles. The summed E-state index contributed by atoms with van der Waals surface area (Å²) in [4.78, 5) is 12.9. The van der Waals surface area contributed by atoms with Crippen LogP contribution < -0.4 is 5.73 Å². The molecule has 1 heterocycles. The summed E-state index contributed by atoms with van der Waals surface area (Å²) in [6, 6.07) is 0.188. The smallest absolute Gasteiger partial charge is 0.307 e. The minimum atomic E-state index is -0.813. The van der Waals surface area contributed by atoms with E-state index >= 15 is 0 Å². The lowest BCUT2D eigenvalue weighted by atomic mass is 9.99. The Morgan fingerprint density at radius 2 is 2.50 bits per heavy atom. The van der Waals surface area contributed by atoms with Gasteiger partial charge in [-0.2, -0.15) is 0 Å². The number of ether oxygens (including phenoxy) is 1. The lowest BCUT2D eigenvalue weighted by Crippen LogP contribution is -2.45. The average molecular weight is 202 g/mol. The van der Waals surface area contributed by atoms with E-state index in [0.717, 1.165) is 13.2 Å². The molecule has 1 fully saturated rings. The largest absolute Gasteiger partial charge is 0.481 e. The second kappa shape index (κ2) is 5.29. The summed E-state index contributed by atoms with van der Waals surface area (Å²) in [5, 5.41) is 8.85. The van der Waals surface area contributed by atoms with Crippen LogP contribution in [0.4, 0.5) is 0 Å². The Balaban J connectivity index is 2.43. The fraction of sp³-hybridized carbons (Fsp3) is 0.889. The average Bonchev–Trinajstić information content (AvgIpc) is 2.16. The van der Waals surface area contributed by atoms with Crippen LogP contribution in [0.2, 0.25) is 0 Å². The summed E-state index contributed by atoms with van der Waals surface area (Å²) >= 11 is 0. The third-order valence-corrected chi connectivity index (χ3v) is 2.71. The molecule has 5 heteroatoms. The van der Waals surface area contributed by atoms with Crippen molar-refractivity contribution in [3.05, 3.63) is 0 Å². The van der Waals surface area contributed by atoms with Gasteiger partial charge in [-0.25, -0.2) is 0 Å². The molecule has 0 bridgehead atoms. The minimum Gasteiger partial charge on any atom is -0.481 e. The highest BCUT2D eigenvalue weighted by molar-refractivity contribution is 5.70. The van der Waals surface area contributed by atoms with Gasteiger partial charge >= 0.3 is 5.97 Å². The van der Waals surface area contributed by atoms with E-state index in [1.54, 1.807) is 0 Å². The fourth-order valence-electron chi connectivity index (χ4n) is 1.61. The number of nitrogens with zero attached hydrogens (tertiary/aromatic N) is 1. The molecule has 82 valence electrons. The van der Waals surface area contributed by atoms with Crippen LogP contribution in [-0.4, -0.2) is 55.4 Å². The highest BCUT2D eigenvalue weighted by Crippen LogP contribution is 2.14. The van der Waals surface area contributed by atoms with Gasteiger partial charge in [-0.05, 0) is 13.5 Å². The van der Waals surface area contributed by atoms with Gasteiger partial charge in [0.1, 0.15) is 0 Å². The summed E-state index contributed by atoms with van der Waals surface area (Å²) in [7, 11) is 1.99. The first-order valence-corrected chi connectivity index (χ1v) is 4.86. The highest BCUT2D eigenvalue weighted by atomic mass is 16.5. The van der Waals surface area contributed by atoms with Crippen LogP contribution in [0.15, 0.2) is 0 Å². The first-order valence-electron chi connectivity index (χ1n) is 4.86. The molecule has 2 atom stereocenters. The van der Waals surface area contributed by atoms with Gasteiger partial charge < -0.3 is 15.6 Å². The number of carbonyl (C=O) groups is 1. The van der Waals surface area contributed by atoms with Gasteiger partial charge in [-0.15, -0.1) is 0 Å². The van der Waals surface area contributed by atoms with Crippen molar-refractivity contribution in [2.24, 2.45) is 11.7 Å².